The molecular weight excluding hydrogens is 252 g/mol. The van der Waals surface area contributed by atoms with E-state index in [0.717, 1.165) is 12.1 Å². The summed E-state index contributed by atoms with van der Waals surface area (Å²) in [6, 6.07) is 1.18. The number of aromatic carboxylic acids is 1. The summed E-state index contributed by atoms with van der Waals surface area (Å²) in [6.45, 7) is 0.356. The van der Waals surface area contributed by atoms with Gasteiger partial charge >= 0.3 is 5.97 Å². The average molecular weight is 264 g/mol. The number of nitrogens with one attached hydrogen (secondary N) is 1. The van der Waals surface area contributed by atoms with Crippen molar-refractivity contribution in [1.29, 1.82) is 0 Å². The van der Waals surface area contributed by atoms with Crippen LogP contribution in [0.15, 0.2) is 23.1 Å². The maximum Gasteiger partial charge on any atom is 0.338 e. The molecular formula is C11H12N4O4. The van der Waals surface area contributed by atoms with Crippen LogP contribution < -0.4 is 5.32 Å². The van der Waals surface area contributed by atoms with Gasteiger partial charge in [0.25, 0.3) is 5.91 Å². The lowest BCUT2D eigenvalue weighted by molar-refractivity contribution is 0.0696. The van der Waals surface area contributed by atoms with Crippen molar-refractivity contribution in [1.82, 2.24) is 20.1 Å². The van der Waals surface area contributed by atoms with E-state index in [1.165, 1.54) is 6.07 Å². The van der Waals surface area contributed by atoms with Crippen LogP contribution in [0.5, 0.6) is 0 Å². The predicted octanol–water partition coefficient (Wildman–Crippen LogP) is 0.0788. The number of carbonyl (C=O) groups is 2. The van der Waals surface area contributed by atoms with Crippen LogP contribution in [0.3, 0.4) is 0 Å². The number of carbonyl (C=O) groups excluding carboxylic acids is 1. The van der Waals surface area contributed by atoms with Gasteiger partial charge in [0.15, 0.2) is 5.76 Å². The molecule has 0 aromatic carbocycles. The molecule has 2 N–H and O–H groups in total. The Morgan fingerprint density at radius 1 is 1.53 bits per heavy atom. The van der Waals surface area contributed by atoms with Crippen molar-refractivity contribution in [3.8, 4) is 0 Å². The van der Waals surface area contributed by atoms with Crippen molar-refractivity contribution in [2.45, 2.75) is 6.42 Å². The molecule has 0 saturated heterocycles. The fraction of sp³-hybridized carbons (Fsp3) is 0.273. The zero-order chi connectivity index (χ0) is 13.8. The lowest BCUT2D eigenvalue weighted by Crippen LogP contribution is -2.26. The third-order valence-corrected chi connectivity index (χ3v) is 2.51. The zero-order valence-electron chi connectivity index (χ0n) is 10.2. The van der Waals surface area contributed by atoms with Gasteiger partial charge in [0, 0.05) is 26.1 Å². The van der Waals surface area contributed by atoms with Crippen molar-refractivity contribution in [2.75, 3.05) is 6.54 Å². The van der Waals surface area contributed by atoms with E-state index in [-0.39, 0.29) is 11.3 Å². The molecule has 2 rings (SSSR count). The summed E-state index contributed by atoms with van der Waals surface area (Å²) in [5.41, 5.74) is -0.0570. The second-order valence-electron chi connectivity index (χ2n) is 3.87. The molecule has 100 valence electrons. The maximum atomic E-state index is 11.7. The number of amides is 1. The highest BCUT2D eigenvalue weighted by molar-refractivity contribution is 5.95. The van der Waals surface area contributed by atoms with Gasteiger partial charge in [0.05, 0.1) is 5.56 Å². The predicted molar refractivity (Wildman–Crippen MR) is 62.7 cm³/mol. The van der Waals surface area contributed by atoms with E-state index in [0.29, 0.717) is 13.0 Å². The molecule has 0 unspecified atom stereocenters. The Balaban J connectivity index is 1.87. The minimum Gasteiger partial charge on any atom is -0.478 e. The molecule has 2 aromatic rings. The van der Waals surface area contributed by atoms with E-state index in [2.05, 4.69) is 15.5 Å². The second kappa shape index (κ2) is 5.34. The Kier molecular flexibility index (Phi) is 3.60. The van der Waals surface area contributed by atoms with Gasteiger partial charge in [-0.3, -0.25) is 4.79 Å². The molecule has 19 heavy (non-hydrogen) atoms. The first-order chi connectivity index (χ1) is 9.08. The zero-order valence-corrected chi connectivity index (χ0v) is 10.2. The van der Waals surface area contributed by atoms with Gasteiger partial charge in [-0.05, 0) is 0 Å². The third kappa shape index (κ3) is 2.97. The minimum absolute atomic E-state index is 0.0321. The molecule has 0 aliphatic rings. The number of hydrogen-bond donors (Lipinski definition) is 2. The molecule has 0 saturated carbocycles. The smallest absolute Gasteiger partial charge is 0.338 e. The van der Waals surface area contributed by atoms with Crippen LogP contribution in [0.4, 0.5) is 0 Å². The topological polar surface area (TPSA) is 110 Å². The number of nitrogens with zero attached hydrogens (tertiary/aromatic N) is 3. The number of rotatable bonds is 5. The lowest BCUT2D eigenvalue weighted by Gasteiger charge is -2.02. The molecule has 0 spiro atoms. The standard InChI is InChI=1S/C11H12N4O4/c1-15-6-13-14-9(15)2-3-12-10(16)8-4-7(5-19-8)11(17)18/h4-6H,2-3H2,1H3,(H,12,16)(H,17,18). The molecule has 2 aromatic heterocycles. The number of carboxylic acids is 1. The summed E-state index contributed by atoms with van der Waals surface area (Å²) in [6.07, 6.45) is 3.12. The van der Waals surface area contributed by atoms with Crippen molar-refractivity contribution >= 4 is 11.9 Å². The summed E-state index contributed by atoms with van der Waals surface area (Å²) >= 11 is 0. The van der Waals surface area contributed by atoms with Crippen molar-refractivity contribution in [3.05, 3.63) is 35.8 Å². The van der Waals surface area contributed by atoms with E-state index in [1.54, 1.807) is 10.9 Å². The van der Waals surface area contributed by atoms with Crippen LogP contribution in [0.2, 0.25) is 0 Å². The Hall–Kier alpha value is -2.64. The van der Waals surface area contributed by atoms with E-state index in [9.17, 15) is 9.59 Å². The molecule has 8 heteroatoms. The molecule has 0 fully saturated rings. The number of carboxylic acid groups (broad SMARTS) is 1. The highest BCUT2D eigenvalue weighted by atomic mass is 16.4. The van der Waals surface area contributed by atoms with Crippen molar-refractivity contribution < 1.29 is 19.1 Å². The van der Waals surface area contributed by atoms with Gasteiger partial charge in [0.1, 0.15) is 18.4 Å². The molecule has 0 radical (unpaired) electrons. The summed E-state index contributed by atoms with van der Waals surface area (Å²) in [7, 11) is 1.81. The van der Waals surface area contributed by atoms with Gasteiger partial charge in [-0.15, -0.1) is 10.2 Å². The van der Waals surface area contributed by atoms with E-state index < -0.39 is 11.9 Å². The Morgan fingerprint density at radius 3 is 2.89 bits per heavy atom. The quantitative estimate of drug-likeness (QED) is 0.791. The van der Waals surface area contributed by atoms with Gasteiger partial charge in [-0.1, -0.05) is 0 Å². The fourth-order valence-corrected chi connectivity index (χ4v) is 1.48. The van der Waals surface area contributed by atoms with E-state index in [1.807, 2.05) is 7.05 Å². The molecule has 8 nitrogen and oxygen atoms in total. The summed E-state index contributed by atoms with van der Waals surface area (Å²) in [4.78, 5) is 22.3. The summed E-state index contributed by atoms with van der Waals surface area (Å²) in [5.74, 6) is -0.891. The summed E-state index contributed by atoms with van der Waals surface area (Å²) < 4.78 is 6.62. The number of aromatic nitrogens is 3. The maximum absolute atomic E-state index is 11.7. The Bertz CT molecular complexity index is 601. The number of furan rings is 1. The molecule has 0 aliphatic heterocycles. The second-order valence-corrected chi connectivity index (χ2v) is 3.87. The summed E-state index contributed by atoms with van der Waals surface area (Å²) in [5, 5.41) is 18.9. The molecule has 2 heterocycles. The monoisotopic (exact) mass is 264 g/mol. The van der Waals surface area contributed by atoms with Gasteiger partial charge in [-0.2, -0.15) is 0 Å². The fourth-order valence-electron chi connectivity index (χ4n) is 1.48. The van der Waals surface area contributed by atoms with Gasteiger partial charge < -0.3 is 19.4 Å². The molecule has 0 atom stereocenters. The largest absolute Gasteiger partial charge is 0.478 e. The SMILES string of the molecule is Cn1cnnc1CCNC(=O)c1cc(C(=O)O)co1. The minimum atomic E-state index is -1.14. The van der Waals surface area contributed by atoms with Crippen molar-refractivity contribution in [2.24, 2.45) is 7.05 Å². The lowest BCUT2D eigenvalue weighted by atomic mass is 10.3. The molecule has 1 amide bonds. The van der Waals surface area contributed by atoms with Crippen LogP contribution in [0.25, 0.3) is 0 Å². The first-order valence-corrected chi connectivity index (χ1v) is 5.51. The van der Waals surface area contributed by atoms with Crippen LogP contribution in [-0.4, -0.2) is 38.3 Å². The van der Waals surface area contributed by atoms with Crippen molar-refractivity contribution in [3.63, 3.8) is 0 Å². The average Bonchev–Trinajstić information content (AvgIpc) is 2.98. The Morgan fingerprint density at radius 2 is 2.32 bits per heavy atom. The van der Waals surface area contributed by atoms with Crippen LogP contribution in [0.1, 0.15) is 26.7 Å². The molecule has 0 bridgehead atoms. The van der Waals surface area contributed by atoms with Gasteiger partial charge in [0.2, 0.25) is 0 Å². The first kappa shape index (κ1) is 12.8. The van der Waals surface area contributed by atoms with E-state index in [4.69, 9.17) is 9.52 Å². The number of aryl methyl sites for hydroxylation is 1. The van der Waals surface area contributed by atoms with Crippen LogP contribution in [0, 0.1) is 0 Å². The van der Waals surface area contributed by atoms with Gasteiger partial charge in [-0.25, -0.2) is 4.79 Å². The molecule has 0 aliphatic carbocycles. The third-order valence-electron chi connectivity index (χ3n) is 2.51. The number of hydrogen-bond acceptors (Lipinski definition) is 5. The normalized spacial score (nSPS) is 10.4. The first-order valence-electron chi connectivity index (χ1n) is 5.51. The Labute approximate surface area is 108 Å². The van der Waals surface area contributed by atoms with Crippen LogP contribution in [-0.2, 0) is 13.5 Å². The van der Waals surface area contributed by atoms with Crippen LogP contribution >= 0.6 is 0 Å². The highest BCUT2D eigenvalue weighted by Crippen LogP contribution is 2.07. The van der Waals surface area contributed by atoms with E-state index >= 15 is 0 Å². The highest BCUT2D eigenvalue weighted by Gasteiger charge is 2.14.